The maximum atomic E-state index is 13.4. The molecule has 0 unspecified atom stereocenters. The van der Waals surface area contributed by atoms with Gasteiger partial charge in [-0.1, -0.05) is 92.2 Å². The summed E-state index contributed by atoms with van der Waals surface area (Å²) < 4.78 is 2.33. The molecule has 3 aromatic carbocycles. The van der Waals surface area contributed by atoms with Gasteiger partial charge >= 0.3 is 0 Å². The summed E-state index contributed by atoms with van der Waals surface area (Å²) in [5.41, 5.74) is 6.09. The molecule has 200 valence electrons. The molecular formula is C34H43N3O. The van der Waals surface area contributed by atoms with Crippen molar-refractivity contribution in [2.24, 2.45) is 0 Å². The standard InChI is InChI=1S/C34H43N3O/c1-5-36(6-2)22-12-13-27(4)35-34(38)23-31(29-20-18-26(3)19-21-29)32-25-37(24-28-14-8-7-9-15-28)33-17-11-10-16-30(32)33/h7-11,14-21,25,27,31H,5-6,12-13,22-24H2,1-4H3,(H,35,38)/t27-,31-/m1/s1. The molecule has 4 nitrogen and oxygen atoms in total. The second kappa shape index (κ2) is 13.4. The van der Waals surface area contributed by atoms with Crippen LogP contribution in [0.3, 0.4) is 0 Å². The van der Waals surface area contributed by atoms with E-state index in [0.717, 1.165) is 39.0 Å². The fourth-order valence-corrected chi connectivity index (χ4v) is 5.42. The molecule has 0 radical (unpaired) electrons. The SMILES string of the molecule is CCN(CC)CCC[C@@H](C)NC(=O)C[C@H](c1ccc(C)cc1)c1cn(Cc2ccccc2)c2ccccc12. The third-order valence-electron chi connectivity index (χ3n) is 7.67. The topological polar surface area (TPSA) is 37.3 Å². The Morgan fingerprint density at radius 1 is 0.921 bits per heavy atom. The van der Waals surface area contributed by atoms with Crippen LogP contribution >= 0.6 is 0 Å². The van der Waals surface area contributed by atoms with E-state index in [0.29, 0.717) is 6.42 Å². The second-order valence-corrected chi connectivity index (χ2v) is 10.5. The fourth-order valence-electron chi connectivity index (χ4n) is 5.42. The Balaban J connectivity index is 1.57. The van der Waals surface area contributed by atoms with E-state index in [1.165, 1.54) is 33.2 Å². The first-order chi connectivity index (χ1) is 18.5. The minimum atomic E-state index is -0.0135. The van der Waals surface area contributed by atoms with Crippen LogP contribution in [0, 0.1) is 6.92 Å². The van der Waals surface area contributed by atoms with Crippen LogP contribution in [-0.2, 0) is 11.3 Å². The Labute approximate surface area is 228 Å². The Kier molecular flexibility index (Phi) is 9.78. The second-order valence-electron chi connectivity index (χ2n) is 10.5. The Morgan fingerprint density at radius 2 is 1.61 bits per heavy atom. The highest BCUT2D eigenvalue weighted by atomic mass is 16.1. The quantitative estimate of drug-likeness (QED) is 0.208. The van der Waals surface area contributed by atoms with Crippen LogP contribution in [0.1, 0.15) is 68.2 Å². The smallest absolute Gasteiger partial charge is 0.221 e. The van der Waals surface area contributed by atoms with Gasteiger partial charge in [-0.2, -0.15) is 0 Å². The van der Waals surface area contributed by atoms with E-state index in [1.54, 1.807) is 0 Å². The van der Waals surface area contributed by atoms with Crippen molar-refractivity contribution in [2.75, 3.05) is 19.6 Å². The molecule has 4 rings (SSSR count). The van der Waals surface area contributed by atoms with E-state index in [2.05, 4.69) is 128 Å². The third kappa shape index (κ3) is 7.14. The number of para-hydroxylation sites is 1. The van der Waals surface area contributed by atoms with Crippen LogP contribution in [0.5, 0.6) is 0 Å². The molecule has 4 heteroatoms. The number of aromatic nitrogens is 1. The van der Waals surface area contributed by atoms with E-state index in [1.807, 2.05) is 0 Å². The van der Waals surface area contributed by atoms with Crippen molar-refractivity contribution in [2.45, 2.75) is 65.5 Å². The highest BCUT2D eigenvalue weighted by molar-refractivity contribution is 5.87. The first-order valence-electron chi connectivity index (χ1n) is 14.2. The van der Waals surface area contributed by atoms with Gasteiger partial charge in [0.25, 0.3) is 0 Å². The first kappa shape index (κ1) is 27.7. The number of hydrogen-bond donors (Lipinski definition) is 1. The summed E-state index contributed by atoms with van der Waals surface area (Å²) in [6.07, 6.45) is 4.79. The van der Waals surface area contributed by atoms with Gasteiger partial charge in [0.1, 0.15) is 0 Å². The summed E-state index contributed by atoms with van der Waals surface area (Å²) >= 11 is 0. The number of carbonyl (C=O) groups is 1. The Morgan fingerprint density at radius 3 is 2.32 bits per heavy atom. The largest absolute Gasteiger partial charge is 0.354 e. The zero-order valence-corrected chi connectivity index (χ0v) is 23.5. The van der Waals surface area contributed by atoms with Crippen molar-refractivity contribution >= 4 is 16.8 Å². The average Bonchev–Trinajstić information content (AvgIpc) is 3.29. The van der Waals surface area contributed by atoms with Crippen LogP contribution in [0.25, 0.3) is 10.9 Å². The predicted molar refractivity (Wildman–Crippen MR) is 160 cm³/mol. The Bertz CT molecular complexity index is 1290. The number of nitrogens with one attached hydrogen (secondary N) is 1. The van der Waals surface area contributed by atoms with E-state index >= 15 is 0 Å². The molecule has 0 aliphatic carbocycles. The zero-order chi connectivity index (χ0) is 26.9. The lowest BCUT2D eigenvalue weighted by atomic mass is 9.87. The van der Waals surface area contributed by atoms with Gasteiger partial charge in [0.15, 0.2) is 0 Å². The van der Waals surface area contributed by atoms with Crippen molar-refractivity contribution < 1.29 is 4.79 Å². The molecule has 1 amide bonds. The van der Waals surface area contributed by atoms with Crippen LogP contribution in [0.2, 0.25) is 0 Å². The maximum Gasteiger partial charge on any atom is 0.221 e. The molecule has 1 heterocycles. The number of benzene rings is 3. The normalized spacial score (nSPS) is 13.1. The van der Waals surface area contributed by atoms with Crippen LogP contribution < -0.4 is 5.32 Å². The van der Waals surface area contributed by atoms with Crippen molar-refractivity contribution in [1.82, 2.24) is 14.8 Å². The molecule has 0 fully saturated rings. The summed E-state index contributed by atoms with van der Waals surface area (Å²) in [4.78, 5) is 15.8. The van der Waals surface area contributed by atoms with Gasteiger partial charge in [0.2, 0.25) is 5.91 Å². The van der Waals surface area contributed by atoms with Crippen LogP contribution in [0.4, 0.5) is 0 Å². The monoisotopic (exact) mass is 509 g/mol. The molecule has 0 bridgehead atoms. The van der Waals surface area contributed by atoms with Gasteiger partial charge in [-0.05, 0) is 69.1 Å². The first-order valence-corrected chi connectivity index (χ1v) is 14.2. The number of aryl methyl sites for hydroxylation is 1. The van der Waals surface area contributed by atoms with E-state index in [-0.39, 0.29) is 17.9 Å². The highest BCUT2D eigenvalue weighted by Gasteiger charge is 2.23. The van der Waals surface area contributed by atoms with Crippen molar-refractivity contribution in [1.29, 1.82) is 0 Å². The lowest BCUT2D eigenvalue weighted by Crippen LogP contribution is -2.34. The fraction of sp³-hybridized carbons (Fsp3) is 0.382. The minimum Gasteiger partial charge on any atom is -0.354 e. The van der Waals surface area contributed by atoms with Gasteiger partial charge in [0, 0.05) is 42.0 Å². The number of amides is 1. The number of hydrogen-bond acceptors (Lipinski definition) is 2. The molecule has 0 aliphatic heterocycles. The van der Waals surface area contributed by atoms with Gasteiger partial charge in [-0.15, -0.1) is 0 Å². The molecule has 1 aromatic heterocycles. The average molecular weight is 510 g/mol. The van der Waals surface area contributed by atoms with E-state index in [9.17, 15) is 4.79 Å². The summed E-state index contributed by atoms with van der Waals surface area (Å²) in [5, 5.41) is 4.52. The van der Waals surface area contributed by atoms with Crippen molar-refractivity contribution in [3.05, 3.63) is 107 Å². The molecule has 2 atom stereocenters. The molecule has 1 N–H and O–H groups in total. The summed E-state index contributed by atoms with van der Waals surface area (Å²) in [7, 11) is 0. The van der Waals surface area contributed by atoms with Gasteiger partial charge in [-0.3, -0.25) is 4.79 Å². The number of carbonyl (C=O) groups excluding carboxylic acids is 1. The van der Waals surface area contributed by atoms with Crippen LogP contribution in [0.15, 0.2) is 85.1 Å². The maximum absolute atomic E-state index is 13.4. The molecule has 0 spiro atoms. The summed E-state index contributed by atoms with van der Waals surface area (Å²) in [6, 6.07) is 28.0. The molecule has 0 saturated heterocycles. The zero-order valence-electron chi connectivity index (χ0n) is 23.5. The lowest BCUT2D eigenvalue weighted by molar-refractivity contribution is -0.121. The lowest BCUT2D eigenvalue weighted by Gasteiger charge is -2.21. The molecule has 0 aliphatic rings. The number of fused-ring (bicyclic) bond motifs is 1. The third-order valence-corrected chi connectivity index (χ3v) is 7.67. The minimum absolute atomic E-state index is 0.0135. The highest BCUT2D eigenvalue weighted by Crippen LogP contribution is 2.35. The van der Waals surface area contributed by atoms with Crippen molar-refractivity contribution in [3.63, 3.8) is 0 Å². The van der Waals surface area contributed by atoms with Gasteiger partial charge in [-0.25, -0.2) is 0 Å². The van der Waals surface area contributed by atoms with Crippen molar-refractivity contribution in [3.8, 4) is 0 Å². The number of nitrogens with zero attached hydrogens (tertiary/aromatic N) is 2. The summed E-state index contributed by atoms with van der Waals surface area (Å²) in [5.74, 6) is 0.103. The number of rotatable bonds is 13. The molecular weight excluding hydrogens is 466 g/mol. The summed E-state index contributed by atoms with van der Waals surface area (Å²) in [6.45, 7) is 12.7. The van der Waals surface area contributed by atoms with Gasteiger partial charge < -0.3 is 14.8 Å². The Hall–Kier alpha value is -3.37. The van der Waals surface area contributed by atoms with E-state index < -0.39 is 0 Å². The molecule has 0 saturated carbocycles. The predicted octanol–water partition coefficient (Wildman–Crippen LogP) is 7.15. The van der Waals surface area contributed by atoms with Gasteiger partial charge in [0.05, 0.1) is 0 Å². The molecule has 4 aromatic rings. The van der Waals surface area contributed by atoms with E-state index in [4.69, 9.17) is 0 Å². The molecule has 38 heavy (non-hydrogen) atoms. The van der Waals surface area contributed by atoms with Crippen LogP contribution in [-0.4, -0.2) is 41.1 Å².